The van der Waals surface area contributed by atoms with Crippen LogP contribution >= 0.6 is 11.6 Å². The number of fused-ring (bicyclic) bond motifs is 1. The Morgan fingerprint density at radius 1 is 1.60 bits per heavy atom. The number of carbonyl (C=O) groups excluding carboxylic acids is 1. The minimum Gasteiger partial charge on any atom is -0.437 e. The van der Waals surface area contributed by atoms with E-state index < -0.39 is 13.1 Å². The van der Waals surface area contributed by atoms with E-state index in [9.17, 15) is 9.82 Å². The maximum Gasteiger partial charge on any atom is 0.377 e. The molecule has 1 amide bonds. The Bertz CT molecular complexity index is 512. The van der Waals surface area contributed by atoms with Gasteiger partial charge in [0.15, 0.2) is 0 Å². The van der Waals surface area contributed by atoms with Crippen molar-refractivity contribution >= 4 is 24.6 Å². The zero-order chi connectivity index (χ0) is 14.9. The van der Waals surface area contributed by atoms with Gasteiger partial charge < -0.3 is 9.83 Å². The van der Waals surface area contributed by atoms with Gasteiger partial charge in [0.25, 0.3) is 5.91 Å². The standard InChI is InChI=1S/C13H18BClN2O3/c1-14(19)17-7-6-9-8-10(15)4-5-11(9)12(17)13(18)16(2)20-3/h4-5,8,12,19H,6-7H2,1-3H3. The second-order valence-corrected chi connectivity index (χ2v) is 5.32. The number of likely N-dealkylation sites (N-methyl/N-ethyl adjacent to an activating group) is 1. The number of halogens is 1. The van der Waals surface area contributed by atoms with Crippen LogP contribution in [-0.2, 0) is 16.1 Å². The van der Waals surface area contributed by atoms with Crippen LogP contribution in [0.4, 0.5) is 0 Å². The summed E-state index contributed by atoms with van der Waals surface area (Å²) in [5.74, 6) is -0.211. The molecule has 0 radical (unpaired) electrons. The fraction of sp³-hybridized carbons (Fsp3) is 0.462. The highest BCUT2D eigenvalue weighted by Crippen LogP contribution is 2.33. The van der Waals surface area contributed by atoms with Crippen LogP contribution in [-0.4, -0.2) is 48.6 Å². The average Bonchev–Trinajstić information content (AvgIpc) is 2.43. The molecule has 0 saturated carbocycles. The van der Waals surface area contributed by atoms with Crippen LogP contribution < -0.4 is 0 Å². The lowest BCUT2D eigenvalue weighted by Gasteiger charge is -2.38. The van der Waals surface area contributed by atoms with Crippen molar-refractivity contribution in [3.8, 4) is 0 Å². The Morgan fingerprint density at radius 2 is 2.30 bits per heavy atom. The van der Waals surface area contributed by atoms with Crippen LogP contribution in [0.2, 0.25) is 11.8 Å². The molecular weight excluding hydrogens is 278 g/mol. The topological polar surface area (TPSA) is 53.0 Å². The number of hydrogen-bond donors (Lipinski definition) is 1. The normalized spacial score (nSPS) is 18.6. The molecule has 1 aliphatic heterocycles. The maximum absolute atomic E-state index is 12.5. The summed E-state index contributed by atoms with van der Waals surface area (Å²) in [6, 6.07) is 4.93. The summed E-state index contributed by atoms with van der Waals surface area (Å²) in [6.45, 7) is 2.26. The number of amides is 1. The number of hydroxylamine groups is 2. The lowest BCUT2D eigenvalue weighted by atomic mass is 9.77. The number of benzene rings is 1. The molecule has 1 aromatic carbocycles. The summed E-state index contributed by atoms with van der Waals surface area (Å²) < 4.78 is 0. The first kappa shape index (κ1) is 15.3. The van der Waals surface area contributed by atoms with Crippen LogP contribution in [0.1, 0.15) is 17.2 Å². The van der Waals surface area contributed by atoms with Gasteiger partial charge in [0.05, 0.1) is 7.11 Å². The maximum atomic E-state index is 12.5. The summed E-state index contributed by atoms with van der Waals surface area (Å²) in [5, 5.41) is 11.8. The highest BCUT2D eigenvalue weighted by Gasteiger charge is 2.38. The van der Waals surface area contributed by atoms with Crippen molar-refractivity contribution in [2.24, 2.45) is 0 Å². The van der Waals surface area contributed by atoms with E-state index in [4.69, 9.17) is 16.4 Å². The summed E-state index contributed by atoms with van der Waals surface area (Å²) in [6.07, 6.45) is 0.751. The first-order chi connectivity index (χ1) is 9.45. The molecule has 1 N–H and O–H groups in total. The van der Waals surface area contributed by atoms with Gasteiger partial charge in [-0.3, -0.25) is 9.63 Å². The SMILES string of the molecule is CON(C)C(=O)C1c2ccc(Cl)cc2CCN1B(C)O. The number of nitrogens with zero attached hydrogens (tertiary/aromatic N) is 2. The molecule has 0 aromatic heterocycles. The Hall–Kier alpha value is -1.08. The van der Waals surface area contributed by atoms with Gasteiger partial charge in [-0.25, -0.2) is 5.06 Å². The second-order valence-electron chi connectivity index (χ2n) is 4.88. The Morgan fingerprint density at radius 3 is 2.90 bits per heavy atom. The van der Waals surface area contributed by atoms with Gasteiger partial charge in [0.2, 0.25) is 0 Å². The molecule has 2 rings (SSSR count). The molecule has 5 nitrogen and oxygen atoms in total. The average molecular weight is 297 g/mol. The number of rotatable bonds is 3. The molecular formula is C13H18BClN2O3. The zero-order valence-electron chi connectivity index (χ0n) is 11.8. The number of carbonyl (C=O) groups is 1. The Balaban J connectivity index is 2.44. The molecule has 1 unspecified atom stereocenters. The fourth-order valence-corrected chi connectivity index (χ4v) is 2.75. The van der Waals surface area contributed by atoms with Crippen molar-refractivity contribution in [2.75, 3.05) is 20.7 Å². The van der Waals surface area contributed by atoms with Gasteiger partial charge in [0, 0.05) is 12.1 Å². The quantitative estimate of drug-likeness (QED) is 0.676. The largest absolute Gasteiger partial charge is 0.437 e. The minimum absolute atomic E-state index is 0.211. The monoisotopic (exact) mass is 296 g/mol. The molecule has 0 fully saturated rings. The third-order valence-electron chi connectivity index (χ3n) is 3.67. The molecule has 108 valence electrons. The van der Waals surface area contributed by atoms with Crippen LogP contribution in [0.25, 0.3) is 0 Å². The van der Waals surface area contributed by atoms with Crippen molar-refractivity contribution in [3.05, 3.63) is 34.3 Å². The molecule has 0 spiro atoms. The summed E-state index contributed by atoms with van der Waals surface area (Å²) in [7, 11) is 2.29. The highest BCUT2D eigenvalue weighted by atomic mass is 35.5. The molecule has 0 aliphatic carbocycles. The molecule has 1 aliphatic rings. The van der Waals surface area contributed by atoms with E-state index in [2.05, 4.69) is 0 Å². The van der Waals surface area contributed by atoms with Crippen molar-refractivity contribution < 1.29 is 14.7 Å². The van der Waals surface area contributed by atoms with Crippen LogP contribution in [0.5, 0.6) is 0 Å². The van der Waals surface area contributed by atoms with Gasteiger partial charge in [-0.15, -0.1) is 0 Å². The van der Waals surface area contributed by atoms with Crippen molar-refractivity contribution in [1.82, 2.24) is 9.87 Å². The molecule has 20 heavy (non-hydrogen) atoms. The number of hydrogen-bond acceptors (Lipinski definition) is 4. The Labute approximate surface area is 124 Å². The van der Waals surface area contributed by atoms with Crippen LogP contribution in [0.15, 0.2) is 18.2 Å². The Kier molecular flexibility index (Phi) is 4.70. The van der Waals surface area contributed by atoms with E-state index in [1.165, 1.54) is 12.2 Å². The van der Waals surface area contributed by atoms with Gasteiger partial charge in [-0.2, -0.15) is 0 Å². The van der Waals surface area contributed by atoms with Gasteiger partial charge in [-0.05, 0) is 43.0 Å². The molecule has 0 bridgehead atoms. The summed E-state index contributed by atoms with van der Waals surface area (Å²) >= 11 is 6.01. The van der Waals surface area contributed by atoms with Crippen molar-refractivity contribution in [2.45, 2.75) is 19.3 Å². The predicted molar refractivity (Wildman–Crippen MR) is 78.2 cm³/mol. The third kappa shape index (κ3) is 2.83. The van der Waals surface area contributed by atoms with E-state index in [0.717, 1.165) is 17.5 Å². The van der Waals surface area contributed by atoms with E-state index in [1.807, 2.05) is 12.1 Å². The first-order valence-corrected chi connectivity index (χ1v) is 6.87. The third-order valence-corrected chi connectivity index (χ3v) is 3.90. The lowest BCUT2D eigenvalue weighted by Crippen LogP contribution is -2.50. The van der Waals surface area contributed by atoms with Gasteiger partial charge >= 0.3 is 7.05 Å². The minimum atomic E-state index is -0.710. The smallest absolute Gasteiger partial charge is 0.377 e. The summed E-state index contributed by atoms with van der Waals surface area (Å²) in [5.41, 5.74) is 1.91. The molecule has 1 heterocycles. The molecule has 1 aromatic rings. The van der Waals surface area contributed by atoms with Crippen molar-refractivity contribution in [3.63, 3.8) is 0 Å². The lowest BCUT2D eigenvalue weighted by molar-refractivity contribution is -0.173. The predicted octanol–water partition coefficient (Wildman–Crippen LogP) is 1.37. The molecule has 0 saturated heterocycles. The van der Waals surface area contributed by atoms with Crippen LogP contribution in [0.3, 0.4) is 0 Å². The highest BCUT2D eigenvalue weighted by molar-refractivity contribution is 6.45. The van der Waals surface area contributed by atoms with E-state index >= 15 is 0 Å². The zero-order valence-corrected chi connectivity index (χ0v) is 12.6. The fourth-order valence-electron chi connectivity index (χ4n) is 2.55. The second kappa shape index (κ2) is 6.14. The summed E-state index contributed by atoms with van der Waals surface area (Å²) in [4.78, 5) is 19.2. The first-order valence-electron chi connectivity index (χ1n) is 6.49. The van der Waals surface area contributed by atoms with E-state index in [1.54, 1.807) is 24.7 Å². The molecule has 7 heteroatoms. The van der Waals surface area contributed by atoms with Gasteiger partial charge in [0.1, 0.15) is 6.04 Å². The van der Waals surface area contributed by atoms with E-state index in [-0.39, 0.29) is 5.91 Å². The van der Waals surface area contributed by atoms with Crippen LogP contribution in [0, 0.1) is 0 Å². The molecule has 1 atom stereocenters. The van der Waals surface area contributed by atoms with Gasteiger partial charge in [-0.1, -0.05) is 17.7 Å². The van der Waals surface area contributed by atoms with E-state index in [0.29, 0.717) is 11.6 Å². The van der Waals surface area contributed by atoms with Crippen molar-refractivity contribution in [1.29, 1.82) is 0 Å².